The number of rotatable bonds is 5. The quantitative estimate of drug-likeness (QED) is 0.663. The van der Waals surface area contributed by atoms with Crippen LogP contribution in [0.3, 0.4) is 0 Å². The number of benzene rings is 1. The van der Waals surface area contributed by atoms with Crippen molar-refractivity contribution in [1.82, 2.24) is 24.8 Å². The summed E-state index contributed by atoms with van der Waals surface area (Å²) in [6, 6.07) is 9.30. The van der Waals surface area contributed by atoms with E-state index in [9.17, 15) is 9.59 Å². The van der Waals surface area contributed by atoms with Gasteiger partial charge in [0.25, 0.3) is 11.5 Å². The fourth-order valence-electron chi connectivity index (χ4n) is 4.10. The molecule has 0 unspecified atom stereocenters. The highest BCUT2D eigenvalue weighted by Gasteiger charge is 2.14. The summed E-state index contributed by atoms with van der Waals surface area (Å²) in [7, 11) is 2.15. The third kappa shape index (κ3) is 4.65. The SMILES string of the molecule is CCn1c(=O)c(C)nc2cc(C(=O)NCc3ccc(N4CCCN(C)CC4)nc3)ccc21. The minimum absolute atomic E-state index is 0.0969. The maximum Gasteiger partial charge on any atom is 0.272 e. The van der Waals surface area contributed by atoms with Gasteiger partial charge in [-0.1, -0.05) is 6.07 Å². The molecule has 0 bridgehead atoms. The van der Waals surface area contributed by atoms with Crippen LogP contribution in [0, 0.1) is 6.92 Å². The van der Waals surface area contributed by atoms with Gasteiger partial charge >= 0.3 is 0 Å². The second-order valence-corrected chi connectivity index (χ2v) is 8.30. The lowest BCUT2D eigenvalue weighted by Gasteiger charge is -2.21. The predicted molar refractivity (Wildman–Crippen MR) is 126 cm³/mol. The summed E-state index contributed by atoms with van der Waals surface area (Å²) >= 11 is 0. The number of aryl methyl sites for hydroxylation is 2. The Balaban J connectivity index is 1.43. The lowest BCUT2D eigenvalue weighted by atomic mass is 10.1. The van der Waals surface area contributed by atoms with Crippen molar-refractivity contribution in [3.63, 3.8) is 0 Å². The summed E-state index contributed by atoms with van der Waals surface area (Å²) in [5.41, 5.74) is 3.18. The van der Waals surface area contributed by atoms with Crippen LogP contribution >= 0.6 is 0 Å². The number of aromatic nitrogens is 3. The van der Waals surface area contributed by atoms with E-state index < -0.39 is 0 Å². The monoisotopic (exact) mass is 434 g/mol. The van der Waals surface area contributed by atoms with Gasteiger partial charge in [0.1, 0.15) is 11.5 Å². The first-order valence-corrected chi connectivity index (χ1v) is 11.1. The summed E-state index contributed by atoms with van der Waals surface area (Å²) in [6.45, 7) is 8.70. The molecule has 1 amide bonds. The van der Waals surface area contributed by atoms with Crippen LogP contribution in [0.15, 0.2) is 41.3 Å². The van der Waals surface area contributed by atoms with Gasteiger partial charge < -0.3 is 19.7 Å². The molecule has 1 aliphatic rings. The number of fused-ring (bicyclic) bond motifs is 1. The Kier molecular flexibility index (Phi) is 6.50. The van der Waals surface area contributed by atoms with Gasteiger partial charge in [0.2, 0.25) is 0 Å². The van der Waals surface area contributed by atoms with E-state index >= 15 is 0 Å². The standard InChI is InChI=1S/C24H30N6O2/c1-4-30-21-8-7-19(14-20(21)27-17(2)24(30)32)23(31)26-16-18-6-9-22(25-15-18)29-11-5-10-28(3)12-13-29/h6-9,14-15H,4-5,10-13,16H2,1-3H3,(H,26,31). The van der Waals surface area contributed by atoms with Crippen molar-refractivity contribution in [2.75, 3.05) is 38.1 Å². The molecular formula is C24H30N6O2. The van der Waals surface area contributed by atoms with Crippen LogP contribution in [-0.2, 0) is 13.1 Å². The Hall–Kier alpha value is -3.26. The molecule has 0 saturated carbocycles. The topological polar surface area (TPSA) is 83.4 Å². The van der Waals surface area contributed by atoms with Crippen LogP contribution in [-0.4, -0.2) is 58.6 Å². The van der Waals surface area contributed by atoms with Crippen LogP contribution in [0.4, 0.5) is 5.82 Å². The zero-order valence-electron chi connectivity index (χ0n) is 19.0. The Morgan fingerprint density at radius 3 is 2.72 bits per heavy atom. The first-order valence-electron chi connectivity index (χ1n) is 11.1. The Labute approximate surface area is 187 Å². The fourth-order valence-corrected chi connectivity index (χ4v) is 4.10. The normalized spacial score (nSPS) is 15.0. The molecule has 3 aromatic rings. The van der Waals surface area contributed by atoms with E-state index in [0.717, 1.165) is 49.5 Å². The zero-order valence-corrected chi connectivity index (χ0v) is 19.0. The van der Waals surface area contributed by atoms with Crippen molar-refractivity contribution in [1.29, 1.82) is 0 Å². The average Bonchev–Trinajstić information content (AvgIpc) is 3.03. The van der Waals surface area contributed by atoms with Gasteiger partial charge in [0.05, 0.1) is 11.0 Å². The average molecular weight is 435 g/mol. The largest absolute Gasteiger partial charge is 0.355 e. The number of nitrogens with zero attached hydrogens (tertiary/aromatic N) is 5. The number of carbonyl (C=O) groups is 1. The fraction of sp³-hybridized carbons (Fsp3) is 0.417. The van der Waals surface area contributed by atoms with E-state index in [2.05, 4.69) is 32.1 Å². The maximum atomic E-state index is 12.7. The third-order valence-corrected chi connectivity index (χ3v) is 5.99. The molecule has 1 fully saturated rings. The molecule has 1 aliphatic heterocycles. The van der Waals surface area contributed by atoms with E-state index in [1.165, 1.54) is 0 Å². The van der Waals surface area contributed by atoms with Crippen LogP contribution in [0.25, 0.3) is 11.0 Å². The van der Waals surface area contributed by atoms with Crippen molar-refractivity contribution < 1.29 is 4.79 Å². The first kappa shape index (κ1) is 22.0. The molecule has 2 aromatic heterocycles. The van der Waals surface area contributed by atoms with Crippen molar-refractivity contribution in [2.24, 2.45) is 0 Å². The van der Waals surface area contributed by atoms with Crippen LogP contribution in [0.5, 0.6) is 0 Å². The molecule has 0 atom stereocenters. The summed E-state index contributed by atoms with van der Waals surface area (Å²) in [5, 5.41) is 2.95. The minimum atomic E-state index is -0.180. The van der Waals surface area contributed by atoms with Crippen molar-refractivity contribution in [2.45, 2.75) is 33.4 Å². The van der Waals surface area contributed by atoms with E-state index in [0.29, 0.717) is 29.9 Å². The number of nitrogens with one attached hydrogen (secondary N) is 1. The lowest BCUT2D eigenvalue weighted by Crippen LogP contribution is -2.29. The highest BCUT2D eigenvalue weighted by molar-refractivity contribution is 5.97. The Bertz CT molecular complexity index is 1170. The molecule has 168 valence electrons. The third-order valence-electron chi connectivity index (χ3n) is 5.99. The molecule has 3 heterocycles. The van der Waals surface area contributed by atoms with Gasteiger partial charge in [0.15, 0.2) is 0 Å². The molecule has 32 heavy (non-hydrogen) atoms. The van der Waals surface area contributed by atoms with E-state index in [4.69, 9.17) is 0 Å². The number of pyridine rings is 1. The van der Waals surface area contributed by atoms with Gasteiger partial charge in [-0.3, -0.25) is 9.59 Å². The van der Waals surface area contributed by atoms with E-state index in [1.54, 1.807) is 29.7 Å². The number of amides is 1. The molecule has 1 saturated heterocycles. The molecule has 1 N–H and O–H groups in total. The lowest BCUT2D eigenvalue weighted by molar-refractivity contribution is 0.0951. The molecule has 1 aromatic carbocycles. The summed E-state index contributed by atoms with van der Waals surface area (Å²) in [6.07, 6.45) is 2.96. The van der Waals surface area contributed by atoms with E-state index in [1.807, 2.05) is 25.3 Å². The maximum absolute atomic E-state index is 12.7. The number of hydrogen-bond acceptors (Lipinski definition) is 6. The highest BCUT2D eigenvalue weighted by Crippen LogP contribution is 2.15. The van der Waals surface area contributed by atoms with Crippen molar-refractivity contribution >= 4 is 22.8 Å². The molecule has 4 rings (SSSR count). The molecule has 8 nitrogen and oxygen atoms in total. The van der Waals surface area contributed by atoms with Crippen LogP contribution in [0.1, 0.15) is 35.0 Å². The second-order valence-electron chi connectivity index (χ2n) is 8.30. The highest BCUT2D eigenvalue weighted by atomic mass is 16.1. The second kappa shape index (κ2) is 9.48. The molecule has 8 heteroatoms. The molecule has 0 radical (unpaired) electrons. The van der Waals surface area contributed by atoms with Gasteiger partial charge in [-0.25, -0.2) is 9.97 Å². The van der Waals surface area contributed by atoms with Gasteiger partial charge in [-0.15, -0.1) is 0 Å². The van der Waals surface area contributed by atoms with Crippen molar-refractivity contribution in [3.8, 4) is 0 Å². The van der Waals surface area contributed by atoms with E-state index in [-0.39, 0.29) is 11.5 Å². The number of likely N-dealkylation sites (N-methyl/N-ethyl adjacent to an activating group) is 1. The van der Waals surface area contributed by atoms with Crippen LogP contribution in [0.2, 0.25) is 0 Å². The predicted octanol–water partition coefficient (Wildman–Crippen LogP) is 2.19. The molecule has 0 spiro atoms. The zero-order chi connectivity index (χ0) is 22.7. The summed E-state index contributed by atoms with van der Waals surface area (Å²) in [5.74, 6) is 0.800. The molecule has 0 aliphatic carbocycles. The van der Waals surface area contributed by atoms with Gasteiger partial charge in [0, 0.05) is 44.5 Å². The minimum Gasteiger partial charge on any atom is -0.355 e. The Morgan fingerprint density at radius 1 is 1.12 bits per heavy atom. The Morgan fingerprint density at radius 2 is 1.97 bits per heavy atom. The first-order chi connectivity index (χ1) is 15.5. The smallest absolute Gasteiger partial charge is 0.272 e. The van der Waals surface area contributed by atoms with Gasteiger partial charge in [-0.05, 0) is 63.7 Å². The number of anilines is 1. The van der Waals surface area contributed by atoms with Gasteiger partial charge in [-0.2, -0.15) is 0 Å². The number of carbonyl (C=O) groups excluding carboxylic acids is 1. The summed E-state index contributed by atoms with van der Waals surface area (Å²) < 4.78 is 1.68. The van der Waals surface area contributed by atoms with Crippen molar-refractivity contribution in [3.05, 3.63) is 63.7 Å². The summed E-state index contributed by atoms with van der Waals surface area (Å²) in [4.78, 5) is 38.6. The van der Waals surface area contributed by atoms with Crippen LogP contribution < -0.4 is 15.8 Å². The number of hydrogen-bond donors (Lipinski definition) is 1. The molecular weight excluding hydrogens is 404 g/mol.